The Kier molecular flexibility index (Phi) is 4.27. The van der Waals surface area contributed by atoms with Crippen LogP contribution >= 0.6 is 22.9 Å². The summed E-state index contributed by atoms with van der Waals surface area (Å²) >= 11 is 7.79. The van der Waals surface area contributed by atoms with E-state index in [0.29, 0.717) is 0 Å². The topological polar surface area (TPSA) is 33.2 Å². The highest BCUT2D eigenvalue weighted by Gasteiger charge is 2.32. The van der Waals surface area contributed by atoms with Crippen molar-refractivity contribution in [3.8, 4) is 0 Å². The Bertz CT molecular complexity index is 655. The van der Waals surface area contributed by atoms with Crippen molar-refractivity contribution < 1.29 is 4.79 Å². The lowest BCUT2D eigenvalue weighted by molar-refractivity contribution is 0.0740. The van der Waals surface area contributed by atoms with E-state index in [1.165, 1.54) is 11.3 Å². The molecule has 0 aliphatic carbocycles. The van der Waals surface area contributed by atoms with Crippen molar-refractivity contribution in [1.82, 2.24) is 9.88 Å². The molecule has 1 fully saturated rings. The average molecular weight is 321 g/mol. The maximum absolute atomic E-state index is 12.7. The van der Waals surface area contributed by atoms with Crippen LogP contribution in [-0.4, -0.2) is 22.3 Å². The number of benzene rings is 1. The minimum absolute atomic E-state index is 0.0784. The first-order chi connectivity index (χ1) is 10.2. The summed E-state index contributed by atoms with van der Waals surface area (Å²) in [6.07, 6.45) is 4.55. The van der Waals surface area contributed by atoms with Gasteiger partial charge in [-0.15, -0.1) is 11.3 Å². The largest absolute Gasteiger partial charge is 0.331 e. The standard InChI is InChI=1S/C16H17ClN2OS/c1-2-15-18-10-14(21-15)16(20)19-9-5-8-13(19)11-6-3-4-7-12(11)17/h3-4,6-7,10,13H,2,5,8-9H2,1H3. The van der Waals surface area contributed by atoms with Gasteiger partial charge in [0, 0.05) is 11.6 Å². The number of halogens is 1. The Morgan fingerprint density at radius 3 is 3.00 bits per heavy atom. The van der Waals surface area contributed by atoms with Gasteiger partial charge in [-0.2, -0.15) is 0 Å². The van der Waals surface area contributed by atoms with Crippen LogP contribution in [0.25, 0.3) is 0 Å². The van der Waals surface area contributed by atoms with E-state index < -0.39 is 0 Å². The first-order valence-corrected chi connectivity index (χ1v) is 8.40. The second-order valence-electron chi connectivity index (χ2n) is 5.15. The summed E-state index contributed by atoms with van der Waals surface area (Å²) in [5.41, 5.74) is 1.05. The van der Waals surface area contributed by atoms with Crippen LogP contribution in [0.4, 0.5) is 0 Å². The number of hydrogen-bond acceptors (Lipinski definition) is 3. The number of carbonyl (C=O) groups excluding carboxylic acids is 1. The highest BCUT2D eigenvalue weighted by molar-refractivity contribution is 7.13. The van der Waals surface area contributed by atoms with Gasteiger partial charge in [0.1, 0.15) is 4.88 Å². The van der Waals surface area contributed by atoms with E-state index in [1.807, 2.05) is 29.2 Å². The Balaban J connectivity index is 1.87. The molecule has 1 amide bonds. The van der Waals surface area contributed by atoms with Gasteiger partial charge in [0.05, 0.1) is 17.2 Å². The second kappa shape index (κ2) is 6.16. The maximum atomic E-state index is 12.7. The number of carbonyl (C=O) groups is 1. The smallest absolute Gasteiger partial charge is 0.266 e. The molecular formula is C16H17ClN2OS. The molecule has 2 aromatic rings. The molecule has 1 unspecified atom stereocenters. The fourth-order valence-electron chi connectivity index (χ4n) is 2.79. The third-order valence-electron chi connectivity index (χ3n) is 3.84. The van der Waals surface area contributed by atoms with Crippen molar-refractivity contribution in [2.45, 2.75) is 32.2 Å². The van der Waals surface area contributed by atoms with Crippen molar-refractivity contribution >= 4 is 28.8 Å². The summed E-state index contributed by atoms with van der Waals surface area (Å²) < 4.78 is 0. The molecule has 110 valence electrons. The van der Waals surface area contributed by atoms with Gasteiger partial charge in [0.2, 0.25) is 0 Å². The number of aromatic nitrogens is 1. The molecule has 1 aromatic carbocycles. The number of amides is 1. The number of thiazole rings is 1. The molecule has 3 rings (SSSR count). The van der Waals surface area contributed by atoms with E-state index in [1.54, 1.807) is 6.20 Å². The van der Waals surface area contributed by atoms with E-state index in [4.69, 9.17) is 11.6 Å². The zero-order valence-electron chi connectivity index (χ0n) is 11.9. The van der Waals surface area contributed by atoms with Crippen LogP contribution in [0.2, 0.25) is 5.02 Å². The van der Waals surface area contributed by atoms with E-state index in [-0.39, 0.29) is 11.9 Å². The molecule has 1 aliphatic heterocycles. The van der Waals surface area contributed by atoms with E-state index >= 15 is 0 Å². The normalized spacial score (nSPS) is 18.2. The summed E-state index contributed by atoms with van der Waals surface area (Å²) in [4.78, 5) is 19.7. The van der Waals surface area contributed by atoms with Gasteiger partial charge in [-0.25, -0.2) is 4.98 Å². The van der Waals surface area contributed by atoms with E-state index in [2.05, 4.69) is 11.9 Å². The molecular weight excluding hydrogens is 304 g/mol. The molecule has 3 nitrogen and oxygen atoms in total. The summed E-state index contributed by atoms with van der Waals surface area (Å²) in [6, 6.07) is 7.88. The number of hydrogen-bond donors (Lipinski definition) is 0. The molecule has 2 heterocycles. The lowest BCUT2D eigenvalue weighted by atomic mass is 10.0. The van der Waals surface area contributed by atoms with Crippen molar-refractivity contribution in [2.24, 2.45) is 0 Å². The second-order valence-corrected chi connectivity index (χ2v) is 6.67. The first-order valence-electron chi connectivity index (χ1n) is 7.20. The minimum atomic E-state index is 0.0784. The Labute approximate surface area is 133 Å². The van der Waals surface area contributed by atoms with Crippen LogP contribution in [0.15, 0.2) is 30.5 Å². The molecule has 0 bridgehead atoms. The Hall–Kier alpha value is -1.39. The number of nitrogens with zero attached hydrogens (tertiary/aromatic N) is 2. The van der Waals surface area contributed by atoms with Gasteiger partial charge in [-0.3, -0.25) is 4.79 Å². The zero-order chi connectivity index (χ0) is 14.8. The predicted molar refractivity (Wildman–Crippen MR) is 86.0 cm³/mol. The average Bonchev–Trinajstić information content (AvgIpc) is 3.16. The minimum Gasteiger partial charge on any atom is -0.331 e. The molecule has 1 saturated heterocycles. The highest BCUT2D eigenvalue weighted by Crippen LogP contribution is 2.37. The monoisotopic (exact) mass is 320 g/mol. The van der Waals surface area contributed by atoms with Gasteiger partial charge < -0.3 is 4.90 Å². The van der Waals surface area contributed by atoms with Crippen molar-refractivity contribution in [3.63, 3.8) is 0 Å². The summed E-state index contributed by atoms with van der Waals surface area (Å²) in [6.45, 7) is 2.84. The quantitative estimate of drug-likeness (QED) is 0.843. The predicted octanol–water partition coefficient (Wildman–Crippen LogP) is 4.34. The van der Waals surface area contributed by atoms with E-state index in [9.17, 15) is 4.79 Å². The first kappa shape index (κ1) is 14.5. The van der Waals surface area contributed by atoms with Gasteiger partial charge in [-0.1, -0.05) is 36.7 Å². The number of aryl methyl sites for hydroxylation is 1. The van der Waals surface area contributed by atoms with Crippen LogP contribution < -0.4 is 0 Å². The highest BCUT2D eigenvalue weighted by atomic mass is 35.5. The summed E-state index contributed by atoms with van der Waals surface area (Å²) in [7, 11) is 0. The van der Waals surface area contributed by atoms with Gasteiger partial charge in [0.25, 0.3) is 5.91 Å². The number of likely N-dealkylation sites (tertiary alicyclic amines) is 1. The van der Waals surface area contributed by atoms with Crippen LogP contribution in [0.1, 0.15) is 46.0 Å². The van der Waals surface area contributed by atoms with E-state index in [0.717, 1.165) is 46.3 Å². The molecule has 0 saturated carbocycles. The Morgan fingerprint density at radius 1 is 1.48 bits per heavy atom. The van der Waals surface area contributed by atoms with Crippen molar-refractivity contribution in [1.29, 1.82) is 0 Å². The van der Waals surface area contributed by atoms with Crippen LogP contribution in [0.5, 0.6) is 0 Å². The molecule has 1 aromatic heterocycles. The fraction of sp³-hybridized carbons (Fsp3) is 0.375. The van der Waals surface area contributed by atoms with Gasteiger partial charge >= 0.3 is 0 Å². The zero-order valence-corrected chi connectivity index (χ0v) is 13.5. The summed E-state index contributed by atoms with van der Waals surface area (Å²) in [5, 5.41) is 1.74. The lowest BCUT2D eigenvalue weighted by Crippen LogP contribution is -2.30. The molecule has 1 aliphatic rings. The van der Waals surface area contributed by atoms with Crippen molar-refractivity contribution in [3.05, 3.63) is 50.9 Å². The SMILES string of the molecule is CCc1ncc(C(=O)N2CCCC2c2ccccc2Cl)s1. The van der Waals surface area contributed by atoms with Crippen LogP contribution in [0.3, 0.4) is 0 Å². The molecule has 0 radical (unpaired) electrons. The summed E-state index contributed by atoms with van der Waals surface area (Å²) in [5.74, 6) is 0.0784. The van der Waals surface area contributed by atoms with Crippen LogP contribution in [0, 0.1) is 0 Å². The molecule has 5 heteroatoms. The third-order valence-corrected chi connectivity index (χ3v) is 5.32. The Morgan fingerprint density at radius 2 is 2.29 bits per heavy atom. The molecule has 1 atom stereocenters. The third kappa shape index (κ3) is 2.83. The molecule has 21 heavy (non-hydrogen) atoms. The van der Waals surface area contributed by atoms with Gasteiger partial charge in [0.15, 0.2) is 0 Å². The number of rotatable bonds is 3. The van der Waals surface area contributed by atoms with Gasteiger partial charge in [-0.05, 0) is 30.9 Å². The maximum Gasteiger partial charge on any atom is 0.266 e. The van der Waals surface area contributed by atoms with Crippen molar-refractivity contribution in [2.75, 3.05) is 6.54 Å². The fourth-order valence-corrected chi connectivity index (χ4v) is 3.87. The molecule has 0 spiro atoms. The van der Waals surface area contributed by atoms with Crippen LogP contribution in [-0.2, 0) is 6.42 Å². The molecule has 0 N–H and O–H groups in total. The lowest BCUT2D eigenvalue weighted by Gasteiger charge is -2.25.